The van der Waals surface area contributed by atoms with Crippen molar-refractivity contribution in [2.45, 2.75) is 44.8 Å². The zero-order valence-electron chi connectivity index (χ0n) is 9.93. The number of benzene rings is 1. The monoisotopic (exact) mass is 219 g/mol. The first-order valence-corrected chi connectivity index (χ1v) is 6.27. The second-order valence-electron chi connectivity index (χ2n) is 4.72. The maximum absolute atomic E-state index is 6.12. The number of hydrogen-bond donors (Lipinski definition) is 1. The van der Waals surface area contributed by atoms with E-state index in [4.69, 9.17) is 10.5 Å². The molecule has 0 heterocycles. The van der Waals surface area contributed by atoms with E-state index in [1.165, 1.54) is 12.8 Å². The molecule has 88 valence electrons. The zero-order valence-corrected chi connectivity index (χ0v) is 9.93. The van der Waals surface area contributed by atoms with E-state index < -0.39 is 0 Å². The molecule has 0 bridgehead atoms. The molecule has 1 aliphatic carbocycles. The summed E-state index contributed by atoms with van der Waals surface area (Å²) in [6.45, 7) is 2.25. The molecule has 0 spiro atoms. The molecule has 2 rings (SSSR count). The van der Waals surface area contributed by atoms with Crippen LogP contribution in [0.5, 0.6) is 5.75 Å². The van der Waals surface area contributed by atoms with Gasteiger partial charge in [-0.25, -0.2) is 0 Å². The maximum atomic E-state index is 6.12. The van der Waals surface area contributed by atoms with E-state index in [0.717, 1.165) is 24.5 Å². The molecule has 2 N–H and O–H groups in total. The Balaban J connectivity index is 1.97. The van der Waals surface area contributed by atoms with Crippen molar-refractivity contribution in [3.05, 3.63) is 30.3 Å². The van der Waals surface area contributed by atoms with Crippen LogP contribution in [0.1, 0.15) is 32.6 Å². The van der Waals surface area contributed by atoms with Crippen LogP contribution in [0.4, 0.5) is 0 Å². The molecular weight excluding hydrogens is 198 g/mol. The minimum Gasteiger partial charge on any atom is -0.489 e. The molecule has 3 unspecified atom stereocenters. The molecule has 0 aromatic heterocycles. The highest BCUT2D eigenvalue weighted by Crippen LogP contribution is 2.28. The number of nitrogens with two attached hydrogens (primary N) is 1. The van der Waals surface area contributed by atoms with Gasteiger partial charge in [0.15, 0.2) is 0 Å². The first-order valence-electron chi connectivity index (χ1n) is 6.27. The minimum absolute atomic E-state index is 0.195. The Kier molecular flexibility index (Phi) is 3.83. The van der Waals surface area contributed by atoms with Crippen LogP contribution < -0.4 is 10.5 Å². The Bertz CT molecular complexity index is 312. The van der Waals surface area contributed by atoms with Crippen LogP contribution in [0.15, 0.2) is 30.3 Å². The Hall–Kier alpha value is -1.02. The number of ether oxygens (including phenoxy) is 1. The molecule has 16 heavy (non-hydrogen) atoms. The van der Waals surface area contributed by atoms with Gasteiger partial charge in [-0.2, -0.15) is 0 Å². The van der Waals surface area contributed by atoms with Gasteiger partial charge >= 0.3 is 0 Å². The van der Waals surface area contributed by atoms with Gasteiger partial charge in [0, 0.05) is 6.04 Å². The zero-order chi connectivity index (χ0) is 11.4. The maximum Gasteiger partial charge on any atom is 0.119 e. The Morgan fingerprint density at radius 3 is 2.69 bits per heavy atom. The molecule has 0 aliphatic heterocycles. The van der Waals surface area contributed by atoms with Crippen LogP contribution in [-0.2, 0) is 0 Å². The van der Waals surface area contributed by atoms with Crippen LogP contribution in [0.25, 0.3) is 0 Å². The lowest BCUT2D eigenvalue weighted by atomic mass is 9.83. The lowest BCUT2D eigenvalue weighted by Gasteiger charge is -2.33. The fourth-order valence-electron chi connectivity index (χ4n) is 2.42. The Morgan fingerprint density at radius 2 is 2.00 bits per heavy atom. The quantitative estimate of drug-likeness (QED) is 0.848. The van der Waals surface area contributed by atoms with Crippen molar-refractivity contribution in [3.63, 3.8) is 0 Å². The first-order chi connectivity index (χ1) is 7.79. The van der Waals surface area contributed by atoms with Crippen molar-refractivity contribution in [3.8, 4) is 5.75 Å². The van der Waals surface area contributed by atoms with Crippen LogP contribution in [0.2, 0.25) is 0 Å². The molecule has 0 radical (unpaired) electrons. The van der Waals surface area contributed by atoms with Gasteiger partial charge in [0.05, 0.1) is 0 Å². The third kappa shape index (κ3) is 2.76. The normalized spacial score (nSPS) is 30.0. The summed E-state index contributed by atoms with van der Waals surface area (Å²) in [5.41, 5.74) is 6.12. The Morgan fingerprint density at radius 1 is 1.25 bits per heavy atom. The summed E-state index contributed by atoms with van der Waals surface area (Å²) in [5, 5.41) is 0. The SMILES string of the molecule is CCC1CCC(N)C(Oc2ccccc2)C1. The molecule has 3 atom stereocenters. The third-order valence-corrected chi connectivity index (χ3v) is 3.56. The predicted octanol–water partition coefficient (Wildman–Crippen LogP) is 2.97. The number of para-hydroxylation sites is 1. The summed E-state index contributed by atoms with van der Waals surface area (Å²) >= 11 is 0. The summed E-state index contributed by atoms with van der Waals surface area (Å²) in [5.74, 6) is 1.73. The van der Waals surface area contributed by atoms with Crippen LogP contribution in [0, 0.1) is 5.92 Å². The van der Waals surface area contributed by atoms with E-state index in [1.807, 2.05) is 30.3 Å². The van der Waals surface area contributed by atoms with E-state index >= 15 is 0 Å². The largest absolute Gasteiger partial charge is 0.489 e. The van der Waals surface area contributed by atoms with Gasteiger partial charge < -0.3 is 10.5 Å². The van der Waals surface area contributed by atoms with E-state index in [-0.39, 0.29) is 12.1 Å². The molecule has 0 amide bonds. The second kappa shape index (κ2) is 5.35. The smallest absolute Gasteiger partial charge is 0.119 e. The average molecular weight is 219 g/mol. The van der Waals surface area contributed by atoms with E-state index in [0.29, 0.717) is 0 Å². The number of hydrogen-bond acceptors (Lipinski definition) is 2. The summed E-state index contributed by atoms with van der Waals surface area (Å²) in [4.78, 5) is 0. The van der Waals surface area contributed by atoms with Crippen molar-refractivity contribution in [1.82, 2.24) is 0 Å². The lowest BCUT2D eigenvalue weighted by Crippen LogP contribution is -2.43. The van der Waals surface area contributed by atoms with E-state index in [9.17, 15) is 0 Å². The molecule has 0 saturated heterocycles. The number of rotatable bonds is 3. The summed E-state index contributed by atoms with van der Waals surface area (Å²) in [6.07, 6.45) is 4.89. The van der Waals surface area contributed by atoms with Crippen molar-refractivity contribution in [2.75, 3.05) is 0 Å². The molecule has 1 saturated carbocycles. The van der Waals surface area contributed by atoms with Gasteiger partial charge in [0.25, 0.3) is 0 Å². The Labute approximate surface area is 97.8 Å². The molecule has 2 heteroatoms. The summed E-state index contributed by atoms with van der Waals surface area (Å²) in [7, 11) is 0. The lowest BCUT2D eigenvalue weighted by molar-refractivity contribution is 0.101. The van der Waals surface area contributed by atoms with Crippen molar-refractivity contribution in [1.29, 1.82) is 0 Å². The van der Waals surface area contributed by atoms with Crippen LogP contribution in [-0.4, -0.2) is 12.1 Å². The molecule has 1 aromatic carbocycles. The van der Waals surface area contributed by atoms with Crippen molar-refractivity contribution in [2.24, 2.45) is 11.7 Å². The summed E-state index contributed by atoms with van der Waals surface area (Å²) in [6, 6.07) is 10.2. The van der Waals surface area contributed by atoms with Gasteiger partial charge in [-0.15, -0.1) is 0 Å². The second-order valence-corrected chi connectivity index (χ2v) is 4.72. The fraction of sp³-hybridized carbons (Fsp3) is 0.571. The molecule has 1 aromatic rings. The third-order valence-electron chi connectivity index (χ3n) is 3.56. The topological polar surface area (TPSA) is 35.2 Å². The van der Waals surface area contributed by atoms with Gasteiger partial charge in [-0.1, -0.05) is 31.5 Å². The van der Waals surface area contributed by atoms with E-state index in [2.05, 4.69) is 6.92 Å². The standard InChI is InChI=1S/C14H21NO/c1-2-11-8-9-13(15)14(10-11)16-12-6-4-3-5-7-12/h3-7,11,13-14H,2,8-10,15H2,1H3. The highest BCUT2D eigenvalue weighted by Gasteiger charge is 2.28. The average Bonchev–Trinajstić information content (AvgIpc) is 2.33. The van der Waals surface area contributed by atoms with Crippen LogP contribution in [0.3, 0.4) is 0 Å². The molecule has 1 aliphatic rings. The summed E-state index contributed by atoms with van der Waals surface area (Å²) < 4.78 is 5.97. The molecular formula is C14H21NO. The van der Waals surface area contributed by atoms with Crippen molar-refractivity contribution >= 4 is 0 Å². The highest BCUT2D eigenvalue weighted by molar-refractivity contribution is 5.21. The van der Waals surface area contributed by atoms with Crippen molar-refractivity contribution < 1.29 is 4.74 Å². The predicted molar refractivity (Wildman–Crippen MR) is 66.5 cm³/mol. The molecule has 1 fully saturated rings. The molecule has 2 nitrogen and oxygen atoms in total. The van der Waals surface area contributed by atoms with Gasteiger partial charge in [0.1, 0.15) is 11.9 Å². The van der Waals surface area contributed by atoms with E-state index in [1.54, 1.807) is 0 Å². The first kappa shape index (κ1) is 11.5. The fourth-order valence-corrected chi connectivity index (χ4v) is 2.42. The van der Waals surface area contributed by atoms with Crippen LogP contribution >= 0.6 is 0 Å². The highest BCUT2D eigenvalue weighted by atomic mass is 16.5. The van der Waals surface area contributed by atoms with Gasteiger partial charge in [0.2, 0.25) is 0 Å². The van der Waals surface area contributed by atoms with Gasteiger partial charge in [-0.3, -0.25) is 0 Å². The minimum atomic E-state index is 0.195. The van der Waals surface area contributed by atoms with Gasteiger partial charge in [-0.05, 0) is 37.3 Å².